The van der Waals surface area contributed by atoms with E-state index in [2.05, 4.69) is 5.32 Å². The van der Waals surface area contributed by atoms with Gasteiger partial charge in [-0.15, -0.1) is 0 Å². The first kappa shape index (κ1) is 16.9. The van der Waals surface area contributed by atoms with Gasteiger partial charge in [-0.25, -0.2) is 0 Å². The molecule has 2 unspecified atom stereocenters. The molecule has 1 fully saturated rings. The van der Waals surface area contributed by atoms with Crippen LogP contribution in [-0.2, 0) is 19.1 Å². The Balaban J connectivity index is 2.62. The van der Waals surface area contributed by atoms with Gasteiger partial charge < -0.3 is 24.6 Å². The summed E-state index contributed by atoms with van der Waals surface area (Å²) < 4.78 is 10.2. The molecular formula is C13H25N3O4. The van der Waals surface area contributed by atoms with Gasteiger partial charge in [0.15, 0.2) is 0 Å². The molecule has 116 valence electrons. The summed E-state index contributed by atoms with van der Waals surface area (Å²) in [7, 11) is 6.56. The molecular weight excluding hydrogens is 262 g/mol. The predicted molar refractivity (Wildman–Crippen MR) is 74.4 cm³/mol. The highest BCUT2D eigenvalue weighted by Gasteiger charge is 2.33. The lowest BCUT2D eigenvalue weighted by Gasteiger charge is -2.26. The lowest BCUT2D eigenvalue weighted by molar-refractivity contribution is -0.141. The number of ether oxygens (including phenoxy) is 2. The number of likely N-dealkylation sites (N-methyl/N-ethyl adjacent to an activating group) is 1. The van der Waals surface area contributed by atoms with Gasteiger partial charge >= 0.3 is 0 Å². The number of carbonyl (C=O) groups is 2. The number of nitrogens with zero attached hydrogens (tertiary/aromatic N) is 2. The van der Waals surface area contributed by atoms with Gasteiger partial charge in [0.2, 0.25) is 11.8 Å². The number of hydrogen-bond acceptors (Lipinski definition) is 5. The van der Waals surface area contributed by atoms with Gasteiger partial charge in [-0.3, -0.25) is 9.59 Å². The number of carbonyl (C=O) groups excluding carboxylic acids is 2. The molecule has 0 bridgehead atoms. The molecule has 2 amide bonds. The van der Waals surface area contributed by atoms with Crippen molar-refractivity contribution in [3.8, 4) is 0 Å². The quantitative estimate of drug-likeness (QED) is 0.645. The Bertz CT molecular complexity index is 336. The monoisotopic (exact) mass is 287 g/mol. The summed E-state index contributed by atoms with van der Waals surface area (Å²) in [6, 6.07) is -0.285. The van der Waals surface area contributed by atoms with Crippen LogP contribution in [0.15, 0.2) is 0 Å². The zero-order valence-corrected chi connectivity index (χ0v) is 12.7. The first-order valence-electron chi connectivity index (χ1n) is 6.73. The zero-order valence-electron chi connectivity index (χ0n) is 12.7. The Labute approximate surface area is 120 Å². The molecule has 0 radical (unpaired) electrons. The van der Waals surface area contributed by atoms with Gasteiger partial charge in [0.25, 0.3) is 0 Å². The molecule has 20 heavy (non-hydrogen) atoms. The van der Waals surface area contributed by atoms with Crippen LogP contribution in [0.2, 0.25) is 0 Å². The maximum atomic E-state index is 12.5. The van der Waals surface area contributed by atoms with E-state index in [1.807, 2.05) is 0 Å². The third kappa shape index (κ3) is 4.73. The molecule has 0 spiro atoms. The van der Waals surface area contributed by atoms with Gasteiger partial charge in [0.1, 0.15) is 0 Å². The highest BCUT2D eigenvalue weighted by Crippen LogP contribution is 2.12. The van der Waals surface area contributed by atoms with Crippen LogP contribution in [0.3, 0.4) is 0 Å². The molecule has 0 aromatic rings. The average molecular weight is 287 g/mol. The minimum Gasteiger partial charge on any atom is -0.383 e. The standard InChI is InChI=1S/C13H25N3O4/c1-15(2)12(17)9-16(5-6-19-3)13(18)11-7-10(20-4)8-14-11/h10-11,14H,5-9H2,1-4H3. The molecule has 0 aromatic heterocycles. The van der Waals surface area contributed by atoms with E-state index in [-0.39, 0.29) is 30.5 Å². The fraction of sp³-hybridized carbons (Fsp3) is 0.846. The van der Waals surface area contributed by atoms with E-state index in [0.29, 0.717) is 26.1 Å². The van der Waals surface area contributed by atoms with Crippen molar-refractivity contribution >= 4 is 11.8 Å². The van der Waals surface area contributed by atoms with E-state index < -0.39 is 0 Å². The number of nitrogens with one attached hydrogen (secondary N) is 1. The lowest BCUT2D eigenvalue weighted by atomic mass is 10.1. The van der Waals surface area contributed by atoms with Crippen LogP contribution in [0.5, 0.6) is 0 Å². The van der Waals surface area contributed by atoms with Crippen molar-refractivity contribution in [1.82, 2.24) is 15.1 Å². The minimum atomic E-state index is -0.285. The second-order valence-corrected chi connectivity index (χ2v) is 5.10. The number of methoxy groups -OCH3 is 2. The summed E-state index contributed by atoms with van der Waals surface area (Å²) >= 11 is 0. The smallest absolute Gasteiger partial charge is 0.241 e. The molecule has 1 heterocycles. The van der Waals surface area contributed by atoms with Gasteiger partial charge in [-0.2, -0.15) is 0 Å². The Morgan fingerprint density at radius 3 is 2.50 bits per heavy atom. The number of amides is 2. The van der Waals surface area contributed by atoms with E-state index in [1.165, 1.54) is 4.90 Å². The van der Waals surface area contributed by atoms with Crippen molar-refractivity contribution < 1.29 is 19.1 Å². The van der Waals surface area contributed by atoms with Crippen LogP contribution in [0.1, 0.15) is 6.42 Å². The van der Waals surface area contributed by atoms with Crippen molar-refractivity contribution in [3.05, 3.63) is 0 Å². The van der Waals surface area contributed by atoms with Crippen molar-refractivity contribution in [2.45, 2.75) is 18.6 Å². The Morgan fingerprint density at radius 1 is 1.30 bits per heavy atom. The van der Waals surface area contributed by atoms with Crippen LogP contribution in [0.4, 0.5) is 0 Å². The molecule has 7 nitrogen and oxygen atoms in total. The highest BCUT2D eigenvalue weighted by atomic mass is 16.5. The minimum absolute atomic E-state index is 0.0535. The second kappa shape index (κ2) is 8.18. The summed E-state index contributed by atoms with van der Waals surface area (Å²) in [6.07, 6.45) is 0.687. The largest absolute Gasteiger partial charge is 0.383 e. The maximum absolute atomic E-state index is 12.5. The Kier molecular flexibility index (Phi) is 6.90. The molecule has 1 saturated heterocycles. The third-order valence-electron chi connectivity index (χ3n) is 3.42. The molecule has 1 aliphatic rings. The van der Waals surface area contributed by atoms with E-state index >= 15 is 0 Å². The number of hydrogen-bond donors (Lipinski definition) is 1. The van der Waals surface area contributed by atoms with Crippen LogP contribution in [0.25, 0.3) is 0 Å². The zero-order chi connectivity index (χ0) is 15.1. The second-order valence-electron chi connectivity index (χ2n) is 5.10. The summed E-state index contributed by atoms with van der Waals surface area (Å²) in [5, 5.41) is 3.13. The molecule has 0 aromatic carbocycles. The number of rotatable bonds is 7. The molecule has 1 rings (SSSR count). The van der Waals surface area contributed by atoms with Gasteiger partial charge in [-0.05, 0) is 6.42 Å². The van der Waals surface area contributed by atoms with Crippen molar-refractivity contribution in [1.29, 1.82) is 0 Å². The van der Waals surface area contributed by atoms with Gasteiger partial charge in [-0.1, -0.05) is 0 Å². The van der Waals surface area contributed by atoms with Crippen LogP contribution >= 0.6 is 0 Å². The molecule has 0 aliphatic carbocycles. The normalized spacial score (nSPS) is 21.8. The van der Waals surface area contributed by atoms with Gasteiger partial charge in [0, 0.05) is 41.4 Å². The lowest BCUT2D eigenvalue weighted by Crippen LogP contribution is -2.48. The SMILES string of the molecule is COCCN(CC(=O)N(C)C)C(=O)C1CC(OC)CN1. The molecule has 2 atom stereocenters. The molecule has 7 heteroatoms. The van der Waals surface area contributed by atoms with Crippen molar-refractivity contribution in [3.63, 3.8) is 0 Å². The first-order valence-corrected chi connectivity index (χ1v) is 6.73. The molecule has 1 aliphatic heterocycles. The fourth-order valence-corrected chi connectivity index (χ4v) is 2.06. The maximum Gasteiger partial charge on any atom is 0.241 e. The van der Waals surface area contributed by atoms with Crippen LogP contribution in [0, 0.1) is 0 Å². The molecule has 1 N–H and O–H groups in total. The van der Waals surface area contributed by atoms with Crippen LogP contribution in [-0.4, -0.2) is 88.3 Å². The van der Waals surface area contributed by atoms with E-state index in [4.69, 9.17) is 9.47 Å². The van der Waals surface area contributed by atoms with E-state index in [1.54, 1.807) is 33.2 Å². The fourth-order valence-electron chi connectivity index (χ4n) is 2.06. The van der Waals surface area contributed by atoms with E-state index in [0.717, 1.165) is 0 Å². The summed E-state index contributed by atoms with van der Waals surface area (Å²) in [5.41, 5.74) is 0. The summed E-state index contributed by atoms with van der Waals surface area (Å²) in [4.78, 5) is 27.3. The summed E-state index contributed by atoms with van der Waals surface area (Å²) in [6.45, 7) is 1.55. The Morgan fingerprint density at radius 2 is 2.00 bits per heavy atom. The van der Waals surface area contributed by atoms with Crippen LogP contribution < -0.4 is 5.32 Å². The topological polar surface area (TPSA) is 71.1 Å². The molecule has 0 saturated carbocycles. The predicted octanol–water partition coefficient (Wildman–Crippen LogP) is -1.07. The third-order valence-corrected chi connectivity index (χ3v) is 3.42. The van der Waals surface area contributed by atoms with Crippen molar-refractivity contribution in [2.24, 2.45) is 0 Å². The van der Waals surface area contributed by atoms with Crippen molar-refractivity contribution in [2.75, 3.05) is 54.6 Å². The van der Waals surface area contributed by atoms with E-state index in [9.17, 15) is 9.59 Å². The van der Waals surface area contributed by atoms with Gasteiger partial charge in [0.05, 0.1) is 25.3 Å². The first-order chi connectivity index (χ1) is 9.49. The Hall–Kier alpha value is -1.18. The highest BCUT2D eigenvalue weighted by molar-refractivity contribution is 5.87. The summed E-state index contributed by atoms with van der Waals surface area (Å²) in [5.74, 6) is -0.174. The average Bonchev–Trinajstić information content (AvgIpc) is 2.91.